The molecule has 0 N–H and O–H groups in total. The number of hydrogen-bond donors (Lipinski definition) is 0. The van der Waals surface area contributed by atoms with E-state index in [0.29, 0.717) is 6.10 Å². The minimum atomic E-state index is 0.562. The highest BCUT2D eigenvalue weighted by molar-refractivity contribution is 4.87. The van der Waals surface area contributed by atoms with E-state index in [2.05, 4.69) is 11.8 Å². The van der Waals surface area contributed by atoms with Crippen molar-refractivity contribution in [2.45, 2.75) is 32.3 Å². The highest BCUT2D eigenvalue weighted by atomic mass is 16.5. The van der Waals surface area contributed by atoms with Crippen LogP contribution in [0.4, 0.5) is 0 Å². The van der Waals surface area contributed by atoms with Crippen molar-refractivity contribution >= 4 is 0 Å². The third-order valence-corrected chi connectivity index (χ3v) is 3.13. The van der Waals surface area contributed by atoms with Crippen LogP contribution in [-0.4, -0.2) is 37.2 Å². The van der Waals surface area contributed by atoms with Crippen LogP contribution in [0, 0.1) is 5.92 Å². The number of piperidine rings is 3. The molecule has 2 bridgehead atoms. The molecule has 2 heteroatoms. The number of rotatable bonds is 3. The summed E-state index contributed by atoms with van der Waals surface area (Å²) in [6.07, 6.45) is 4.46. The first-order valence-electron chi connectivity index (χ1n) is 5.24. The Morgan fingerprint density at radius 1 is 1.33 bits per heavy atom. The zero-order valence-corrected chi connectivity index (χ0v) is 7.96. The van der Waals surface area contributed by atoms with Crippen LogP contribution >= 0.6 is 0 Å². The van der Waals surface area contributed by atoms with Gasteiger partial charge in [-0.1, -0.05) is 6.92 Å². The third-order valence-electron chi connectivity index (χ3n) is 3.13. The van der Waals surface area contributed by atoms with Crippen molar-refractivity contribution in [3.8, 4) is 0 Å². The summed E-state index contributed by atoms with van der Waals surface area (Å²) in [4.78, 5) is 2.54. The minimum Gasteiger partial charge on any atom is -0.377 e. The fourth-order valence-corrected chi connectivity index (χ4v) is 2.37. The fourth-order valence-electron chi connectivity index (χ4n) is 2.37. The molecule has 12 heavy (non-hydrogen) atoms. The van der Waals surface area contributed by atoms with E-state index in [1.54, 1.807) is 0 Å². The minimum absolute atomic E-state index is 0.562. The summed E-state index contributed by atoms with van der Waals surface area (Å²) in [6, 6.07) is 0. The topological polar surface area (TPSA) is 12.5 Å². The first-order valence-corrected chi connectivity index (χ1v) is 5.24. The maximum absolute atomic E-state index is 5.82. The molecule has 2 nitrogen and oxygen atoms in total. The normalized spacial score (nSPS) is 40.2. The van der Waals surface area contributed by atoms with Crippen LogP contribution < -0.4 is 0 Å². The molecule has 70 valence electrons. The Balaban J connectivity index is 1.82. The van der Waals surface area contributed by atoms with Gasteiger partial charge in [0.2, 0.25) is 0 Å². The maximum Gasteiger partial charge on any atom is 0.0731 e. The van der Waals surface area contributed by atoms with E-state index in [9.17, 15) is 0 Å². The molecule has 1 unspecified atom stereocenters. The van der Waals surface area contributed by atoms with Crippen LogP contribution in [0.3, 0.4) is 0 Å². The Bertz CT molecular complexity index is 141. The molecule has 1 atom stereocenters. The van der Waals surface area contributed by atoms with Crippen LogP contribution in [0.5, 0.6) is 0 Å². The molecule has 0 aliphatic carbocycles. The first kappa shape index (κ1) is 8.52. The molecule has 0 aromatic rings. The molecule has 0 amide bonds. The van der Waals surface area contributed by atoms with Crippen LogP contribution in [0.25, 0.3) is 0 Å². The van der Waals surface area contributed by atoms with E-state index >= 15 is 0 Å². The largest absolute Gasteiger partial charge is 0.377 e. The molecule has 3 rings (SSSR count). The Labute approximate surface area is 74.9 Å². The van der Waals surface area contributed by atoms with Crippen LogP contribution in [-0.2, 0) is 4.74 Å². The molecular weight excluding hydrogens is 150 g/mol. The van der Waals surface area contributed by atoms with Crippen molar-refractivity contribution in [1.82, 2.24) is 4.90 Å². The fraction of sp³-hybridized carbons (Fsp3) is 1.00. The van der Waals surface area contributed by atoms with Crippen molar-refractivity contribution in [3.63, 3.8) is 0 Å². The van der Waals surface area contributed by atoms with Crippen LogP contribution in [0.2, 0.25) is 0 Å². The summed E-state index contributed by atoms with van der Waals surface area (Å²) in [7, 11) is 0. The van der Waals surface area contributed by atoms with Gasteiger partial charge in [-0.2, -0.15) is 0 Å². The summed E-state index contributed by atoms with van der Waals surface area (Å²) in [6.45, 7) is 6.97. The average molecular weight is 169 g/mol. The average Bonchev–Trinajstić information content (AvgIpc) is 2.17. The molecule has 0 aromatic carbocycles. The van der Waals surface area contributed by atoms with Gasteiger partial charge >= 0.3 is 0 Å². The maximum atomic E-state index is 5.82. The SMILES string of the molecule is CCCOC1C[N@]2CC[C@H]1CC2. The third kappa shape index (κ3) is 1.64. The smallest absolute Gasteiger partial charge is 0.0731 e. The quantitative estimate of drug-likeness (QED) is 0.635. The Morgan fingerprint density at radius 2 is 2.08 bits per heavy atom. The van der Waals surface area contributed by atoms with Gasteiger partial charge in [-0.05, 0) is 38.3 Å². The zero-order valence-electron chi connectivity index (χ0n) is 7.96. The number of nitrogens with zero attached hydrogens (tertiary/aromatic N) is 1. The molecule has 0 aromatic heterocycles. The second-order valence-corrected chi connectivity index (χ2v) is 4.05. The van der Waals surface area contributed by atoms with Crippen LogP contribution in [0.15, 0.2) is 0 Å². The van der Waals surface area contributed by atoms with Gasteiger partial charge in [0.15, 0.2) is 0 Å². The van der Waals surface area contributed by atoms with Gasteiger partial charge in [0.05, 0.1) is 6.10 Å². The van der Waals surface area contributed by atoms with E-state index in [1.165, 1.54) is 32.5 Å². The van der Waals surface area contributed by atoms with Gasteiger partial charge < -0.3 is 9.64 Å². The highest BCUT2D eigenvalue weighted by Gasteiger charge is 2.34. The van der Waals surface area contributed by atoms with E-state index in [4.69, 9.17) is 4.74 Å². The zero-order chi connectivity index (χ0) is 8.39. The number of hydrogen-bond acceptors (Lipinski definition) is 2. The molecular formula is C10H19NO. The van der Waals surface area contributed by atoms with Crippen molar-refractivity contribution in [2.24, 2.45) is 5.92 Å². The lowest BCUT2D eigenvalue weighted by Gasteiger charge is -2.44. The van der Waals surface area contributed by atoms with Crippen molar-refractivity contribution in [2.75, 3.05) is 26.2 Å². The molecule has 3 aliphatic rings. The van der Waals surface area contributed by atoms with Gasteiger partial charge in [-0.15, -0.1) is 0 Å². The van der Waals surface area contributed by atoms with E-state index in [1.807, 2.05) is 0 Å². The predicted molar refractivity (Wildman–Crippen MR) is 49.2 cm³/mol. The second kappa shape index (κ2) is 3.75. The van der Waals surface area contributed by atoms with E-state index in [0.717, 1.165) is 18.9 Å². The lowest BCUT2D eigenvalue weighted by molar-refractivity contribution is -0.0690. The van der Waals surface area contributed by atoms with Gasteiger partial charge in [-0.25, -0.2) is 0 Å². The summed E-state index contributed by atoms with van der Waals surface area (Å²) < 4.78 is 5.82. The molecule has 0 saturated carbocycles. The first-order chi connectivity index (χ1) is 5.90. The van der Waals surface area contributed by atoms with E-state index in [-0.39, 0.29) is 0 Å². The van der Waals surface area contributed by atoms with Gasteiger partial charge in [-0.3, -0.25) is 0 Å². The molecule has 3 heterocycles. The van der Waals surface area contributed by atoms with Crippen LogP contribution in [0.1, 0.15) is 26.2 Å². The summed E-state index contributed by atoms with van der Waals surface area (Å²) >= 11 is 0. The van der Waals surface area contributed by atoms with Gasteiger partial charge in [0, 0.05) is 13.2 Å². The standard InChI is InChI=1S/C10H19NO/c1-2-7-12-10-8-11-5-3-9(10)4-6-11/h9-10H,2-8H2,1H3. The van der Waals surface area contributed by atoms with E-state index < -0.39 is 0 Å². The summed E-state index contributed by atoms with van der Waals surface area (Å²) in [5.41, 5.74) is 0. The molecule has 0 spiro atoms. The Morgan fingerprint density at radius 3 is 2.58 bits per heavy atom. The van der Waals surface area contributed by atoms with Gasteiger partial charge in [0.1, 0.15) is 0 Å². The van der Waals surface area contributed by atoms with Gasteiger partial charge in [0.25, 0.3) is 0 Å². The lowest BCUT2D eigenvalue weighted by Crippen LogP contribution is -2.51. The summed E-state index contributed by atoms with van der Waals surface area (Å²) in [5, 5.41) is 0. The predicted octanol–water partition coefficient (Wildman–Crippen LogP) is 1.51. The Kier molecular flexibility index (Phi) is 2.66. The van der Waals surface area contributed by atoms with Crippen molar-refractivity contribution < 1.29 is 4.74 Å². The monoisotopic (exact) mass is 169 g/mol. The lowest BCUT2D eigenvalue weighted by atomic mass is 9.86. The molecule has 3 fully saturated rings. The number of fused-ring (bicyclic) bond motifs is 3. The van der Waals surface area contributed by atoms with Crippen molar-refractivity contribution in [1.29, 1.82) is 0 Å². The van der Waals surface area contributed by atoms with Crippen molar-refractivity contribution in [3.05, 3.63) is 0 Å². The highest BCUT2D eigenvalue weighted by Crippen LogP contribution is 2.29. The number of ether oxygens (including phenoxy) is 1. The Hall–Kier alpha value is -0.0800. The molecule has 3 saturated heterocycles. The summed E-state index contributed by atoms with van der Waals surface area (Å²) in [5.74, 6) is 0.876. The molecule has 0 radical (unpaired) electrons. The second-order valence-electron chi connectivity index (χ2n) is 4.05. The molecule has 3 aliphatic heterocycles.